The van der Waals surface area contributed by atoms with Crippen molar-refractivity contribution in [3.63, 3.8) is 0 Å². The molecule has 1 saturated heterocycles. The van der Waals surface area contributed by atoms with Crippen LogP contribution in [-0.4, -0.2) is 35.3 Å². The molecule has 1 aromatic heterocycles. The van der Waals surface area contributed by atoms with Gasteiger partial charge >= 0.3 is 0 Å². The monoisotopic (exact) mass is 249 g/mol. The molecule has 1 saturated carbocycles. The van der Waals surface area contributed by atoms with E-state index >= 15 is 0 Å². The van der Waals surface area contributed by atoms with Crippen molar-refractivity contribution in [3.05, 3.63) is 18.1 Å². The third-order valence-corrected chi connectivity index (χ3v) is 3.35. The summed E-state index contributed by atoms with van der Waals surface area (Å²) in [6, 6.07) is 0.682. The molecule has 5 nitrogen and oxygen atoms in total. The van der Waals surface area contributed by atoms with Gasteiger partial charge in [-0.05, 0) is 12.8 Å². The number of nitrogens with one attached hydrogen (secondary N) is 1. The van der Waals surface area contributed by atoms with Crippen LogP contribution in [0.2, 0.25) is 0 Å². The number of rotatable bonds is 5. The summed E-state index contributed by atoms with van der Waals surface area (Å²) in [7, 11) is 0. The van der Waals surface area contributed by atoms with Crippen LogP contribution in [0.3, 0.4) is 0 Å². The van der Waals surface area contributed by atoms with Crippen molar-refractivity contribution in [1.29, 1.82) is 0 Å². The molecule has 1 aliphatic carbocycles. The molecule has 2 heterocycles. The summed E-state index contributed by atoms with van der Waals surface area (Å²) in [5.41, 5.74) is 1.05. The van der Waals surface area contributed by atoms with Gasteiger partial charge in [0.25, 0.3) is 0 Å². The maximum atomic E-state index is 5.97. The highest BCUT2D eigenvalue weighted by Gasteiger charge is 2.22. The van der Waals surface area contributed by atoms with Crippen LogP contribution in [0.1, 0.15) is 31.2 Å². The Labute approximate surface area is 107 Å². The Morgan fingerprint density at radius 2 is 2.11 bits per heavy atom. The van der Waals surface area contributed by atoms with Crippen LogP contribution >= 0.6 is 0 Å². The summed E-state index contributed by atoms with van der Waals surface area (Å²) in [6.07, 6.45) is 8.08. The van der Waals surface area contributed by atoms with E-state index in [1.807, 2.05) is 6.20 Å². The fourth-order valence-electron chi connectivity index (χ4n) is 2.07. The van der Waals surface area contributed by atoms with E-state index in [4.69, 9.17) is 9.47 Å². The average Bonchev–Trinajstić information content (AvgIpc) is 3.23. The smallest absolute Gasteiger partial charge is 0.221 e. The number of ether oxygens (including phenoxy) is 2. The maximum Gasteiger partial charge on any atom is 0.221 e. The Balaban J connectivity index is 1.61. The number of hydrogen-bond donors (Lipinski definition) is 1. The van der Waals surface area contributed by atoms with Gasteiger partial charge in [-0.25, -0.2) is 9.97 Å². The third-order valence-electron chi connectivity index (χ3n) is 3.35. The fraction of sp³-hybridized carbons (Fsp3) is 0.692. The maximum absolute atomic E-state index is 5.97. The number of hydrogen-bond acceptors (Lipinski definition) is 5. The Bertz CT molecular complexity index is 390. The molecule has 2 aliphatic rings. The highest BCUT2D eigenvalue weighted by molar-refractivity contribution is 5.22. The second kappa shape index (κ2) is 5.63. The molecule has 98 valence electrons. The fourth-order valence-corrected chi connectivity index (χ4v) is 2.07. The molecule has 1 N–H and O–H groups in total. The molecule has 1 aromatic rings. The van der Waals surface area contributed by atoms with Gasteiger partial charge in [0, 0.05) is 37.2 Å². The first-order valence-corrected chi connectivity index (χ1v) is 6.68. The van der Waals surface area contributed by atoms with E-state index in [0.717, 1.165) is 44.0 Å². The van der Waals surface area contributed by atoms with Gasteiger partial charge in [0.15, 0.2) is 0 Å². The van der Waals surface area contributed by atoms with Crippen molar-refractivity contribution in [3.8, 4) is 5.88 Å². The molecule has 0 radical (unpaired) electrons. The van der Waals surface area contributed by atoms with Gasteiger partial charge < -0.3 is 14.8 Å². The molecule has 5 heteroatoms. The first-order valence-electron chi connectivity index (χ1n) is 6.68. The lowest BCUT2D eigenvalue weighted by Gasteiger charge is -2.23. The standard InChI is InChI=1S/C13H19N3O2/c1-2-11(1)15-8-10-7-14-9-16-13(10)18-12-3-5-17-6-4-12/h7,9,11-12,15H,1-6,8H2. The second-order valence-electron chi connectivity index (χ2n) is 4.94. The van der Waals surface area contributed by atoms with Crippen molar-refractivity contribution in [2.45, 2.75) is 44.4 Å². The van der Waals surface area contributed by atoms with Gasteiger partial charge in [-0.2, -0.15) is 0 Å². The van der Waals surface area contributed by atoms with Crippen LogP contribution in [0.25, 0.3) is 0 Å². The lowest BCUT2D eigenvalue weighted by molar-refractivity contribution is 0.0232. The number of nitrogens with zero attached hydrogens (tertiary/aromatic N) is 2. The quantitative estimate of drug-likeness (QED) is 0.852. The Morgan fingerprint density at radius 1 is 1.28 bits per heavy atom. The van der Waals surface area contributed by atoms with Crippen molar-refractivity contribution in [2.24, 2.45) is 0 Å². The lowest BCUT2D eigenvalue weighted by atomic mass is 10.1. The van der Waals surface area contributed by atoms with E-state index in [1.54, 1.807) is 6.33 Å². The summed E-state index contributed by atoms with van der Waals surface area (Å²) in [6.45, 7) is 2.36. The van der Waals surface area contributed by atoms with Crippen molar-refractivity contribution in [1.82, 2.24) is 15.3 Å². The van der Waals surface area contributed by atoms with Crippen LogP contribution in [0.15, 0.2) is 12.5 Å². The number of aromatic nitrogens is 2. The molecular weight excluding hydrogens is 230 g/mol. The average molecular weight is 249 g/mol. The van der Waals surface area contributed by atoms with E-state index in [9.17, 15) is 0 Å². The van der Waals surface area contributed by atoms with Crippen LogP contribution in [-0.2, 0) is 11.3 Å². The minimum atomic E-state index is 0.230. The third kappa shape index (κ3) is 3.17. The van der Waals surface area contributed by atoms with Crippen molar-refractivity contribution in [2.75, 3.05) is 13.2 Å². The first kappa shape index (κ1) is 11.9. The van der Waals surface area contributed by atoms with E-state index in [1.165, 1.54) is 12.8 Å². The lowest BCUT2D eigenvalue weighted by Crippen LogP contribution is -2.27. The molecule has 2 fully saturated rings. The van der Waals surface area contributed by atoms with E-state index in [0.29, 0.717) is 6.04 Å². The van der Waals surface area contributed by atoms with Crippen LogP contribution in [0, 0.1) is 0 Å². The molecule has 0 bridgehead atoms. The molecule has 0 unspecified atom stereocenters. The minimum absolute atomic E-state index is 0.230. The Hall–Kier alpha value is -1.20. The molecule has 0 spiro atoms. The van der Waals surface area contributed by atoms with Crippen LogP contribution in [0.4, 0.5) is 0 Å². The van der Waals surface area contributed by atoms with Gasteiger partial charge in [-0.15, -0.1) is 0 Å². The predicted octanol–water partition coefficient (Wildman–Crippen LogP) is 1.29. The minimum Gasteiger partial charge on any atom is -0.474 e. The van der Waals surface area contributed by atoms with E-state index < -0.39 is 0 Å². The molecule has 0 amide bonds. The molecule has 0 aromatic carbocycles. The summed E-state index contributed by atoms with van der Waals surface area (Å²) in [5, 5.41) is 3.47. The highest BCUT2D eigenvalue weighted by atomic mass is 16.5. The summed E-state index contributed by atoms with van der Waals surface area (Å²) < 4.78 is 11.3. The van der Waals surface area contributed by atoms with Gasteiger partial charge in [0.1, 0.15) is 12.4 Å². The van der Waals surface area contributed by atoms with Crippen LogP contribution in [0.5, 0.6) is 5.88 Å². The Kier molecular flexibility index (Phi) is 3.71. The van der Waals surface area contributed by atoms with Gasteiger partial charge in [0.2, 0.25) is 5.88 Å². The second-order valence-corrected chi connectivity index (χ2v) is 4.94. The van der Waals surface area contributed by atoms with Gasteiger partial charge in [-0.1, -0.05) is 0 Å². The van der Waals surface area contributed by atoms with E-state index in [-0.39, 0.29) is 6.10 Å². The van der Waals surface area contributed by atoms with E-state index in [2.05, 4.69) is 15.3 Å². The van der Waals surface area contributed by atoms with Crippen molar-refractivity contribution >= 4 is 0 Å². The van der Waals surface area contributed by atoms with Gasteiger partial charge in [-0.3, -0.25) is 0 Å². The highest BCUT2D eigenvalue weighted by Crippen LogP contribution is 2.22. The topological polar surface area (TPSA) is 56.3 Å². The molecule has 0 atom stereocenters. The normalized spacial score (nSPS) is 20.9. The van der Waals surface area contributed by atoms with Gasteiger partial charge in [0.05, 0.1) is 13.2 Å². The molecule has 3 rings (SSSR count). The zero-order valence-corrected chi connectivity index (χ0v) is 10.5. The molecule has 18 heavy (non-hydrogen) atoms. The SMILES string of the molecule is c1ncc(CNC2CC2)c(OC2CCOCC2)n1. The molecular formula is C13H19N3O2. The summed E-state index contributed by atoms with van der Waals surface area (Å²) in [5.74, 6) is 0.727. The first-order chi connectivity index (χ1) is 8.92. The summed E-state index contributed by atoms with van der Waals surface area (Å²) >= 11 is 0. The predicted molar refractivity (Wildman–Crippen MR) is 66.4 cm³/mol. The summed E-state index contributed by atoms with van der Waals surface area (Å²) in [4.78, 5) is 8.34. The zero-order chi connectivity index (χ0) is 12.2. The molecule has 1 aliphatic heterocycles. The Morgan fingerprint density at radius 3 is 2.89 bits per heavy atom. The zero-order valence-electron chi connectivity index (χ0n) is 10.5. The van der Waals surface area contributed by atoms with Crippen LogP contribution < -0.4 is 10.1 Å². The largest absolute Gasteiger partial charge is 0.474 e. The van der Waals surface area contributed by atoms with Crippen molar-refractivity contribution < 1.29 is 9.47 Å².